The second-order valence-electron chi connectivity index (χ2n) is 8.89. The lowest BCUT2D eigenvalue weighted by atomic mass is 9.75. The number of hydrogen-bond donors (Lipinski definition) is 0. The highest BCUT2D eigenvalue weighted by molar-refractivity contribution is 6.02. The van der Waals surface area contributed by atoms with Crippen molar-refractivity contribution in [2.45, 2.75) is 31.1 Å². The lowest BCUT2D eigenvalue weighted by molar-refractivity contribution is -0.138. The highest BCUT2D eigenvalue weighted by Gasteiger charge is 2.61. The number of anilines is 1. The predicted octanol–water partition coefficient (Wildman–Crippen LogP) is 2.92. The van der Waals surface area contributed by atoms with E-state index >= 15 is 0 Å². The van der Waals surface area contributed by atoms with Crippen molar-refractivity contribution in [1.82, 2.24) is 9.80 Å². The second-order valence-corrected chi connectivity index (χ2v) is 8.89. The molecule has 0 radical (unpaired) electrons. The zero-order valence-electron chi connectivity index (χ0n) is 19.8. The maximum Gasteiger partial charge on any atom is 0.410 e. The summed E-state index contributed by atoms with van der Waals surface area (Å²) in [5.41, 5.74) is 0.943. The maximum atomic E-state index is 13.7. The summed E-state index contributed by atoms with van der Waals surface area (Å²) in [4.78, 5) is 44.4. The monoisotopic (exact) mass is 465 g/mol. The first-order valence-corrected chi connectivity index (χ1v) is 11.5. The number of likely N-dealkylation sites (N-methyl/N-ethyl adjacent to an activating group) is 1. The van der Waals surface area contributed by atoms with Crippen LogP contribution in [0.15, 0.2) is 60.7 Å². The van der Waals surface area contributed by atoms with Crippen molar-refractivity contribution in [1.29, 1.82) is 0 Å². The zero-order chi connectivity index (χ0) is 24.3. The fourth-order valence-corrected chi connectivity index (χ4v) is 5.16. The average molecular weight is 466 g/mol. The van der Waals surface area contributed by atoms with Crippen molar-refractivity contribution >= 4 is 23.6 Å². The minimum absolute atomic E-state index is 0.171. The number of amides is 3. The zero-order valence-corrected chi connectivity index (χ0v) is 19.8. The normalized spacial score (nSPS) is 21.6. The van der Waals surface area contributed by atoms with Crippen LogP contribution in [0.25, 0.3) is 0 Å². The van der Waals surface area contributed by atoms with Gasteiger partial charge >= 0.3 is 6.09 Å². The molecule has 34 heavy (non-hydrogen) atoms. The van der Waals surface area contributed by atoms with Gasteiger partial charge in [0, 0.05) is 40.0 Å². The number of methoxy groups -OCH3 is 1. The van der Waals surface area contributed by atoms with E-state index in [2.05, 4.69) is 0 Å². The number of nitrogens with zero attached hydrogens (tertiary/aromatic N) is 3. The number of likely N-dealkylation sites (tertiary alicyclic amines) is 2. The van der Waals surface area contributed by atoms with Crippen molar-refractivity contribution in [2.24, 2.45) is 5.92 Å². The Morgan fingerprint density at radius 1 is 1.03 bits per heavy atom. The maximum absolute atomic E-state index is 13.7. The number of ether oxygens (including phenoxy) is 2. The number of benzene rings is 2. The van der Waals surface area contributed by atoms with Crippen LogP contribution in [0, 0.1) is 5.92 Å². The topological polar surface area (TPSA) is 79.4 Å². The van der Waals surface area contributed by atoms with Crippen LogP contribution in [0.1, 0.15) is 18.4 Å². The molecule has 2 heterocycles. The van der Waals surface area contributed by atoms with E-state index in [0.717, 1.165) is 11.3 Å². The molecule has 0 N–H and O–H groups in total. The van der Waals surface area contributed by atoms with Gasteiger partial charge in [-0.1, -0.05) is 48.5 Å². The lowest BCUT2D eigenvalue weighted by Crippen LogP contribution is -2.59. The Morgan fingerprint density at radius 3 is 2.21 bits per heavy atom. The van der Waals surface area contributed by atoms with Gasteiger partial charge in [0.05, 0.1) is 11.5 Å². The molecule has 2 saturated heterocycles. The summed E-state index contributed by atoms with van der Waals surface area (Å²) in [6.07, 6.45) is -0.318. The van der Waals surface area contributed by atoms with Crippen LogP contribution < -0.4 is 4.90 Å². The van der Waals surface area contributed by atoms with Gasteiger partial charge in [0.1, 0.15) is 12.7 Å². The molecule has 8 heteroatoms. The second kappa shape index (κ2) is 9.85. The molecule has 2 aromatic carbocycles. The van der Waals surface area contributed by atoms with Gasteiger partial charge < -0.3 is 24.2 Å². The Kier molecular flexibility index (Phi) is 6.88. The minimum atomic E-state index is -0.861. The van der Waals surface area contributed by atoms with Crippen LogP contribution in [-0.2, 0) is 25.7 Å². The van der Waals surface area contributed by atoms with Crippen LogP contribution in [0.2, 0.25) is 0 Å². The molecular formula is C26H31N3O5. The molecule has 3 amide bonds. The molecule has 2 aromatic rings. The Hall–Kier alpha value is -3.39. The van der Waals surface area contributed by atoms with Gasteiger partial charge in [-0.15, -0.1) is 0 Å². The highest BCUT2D eigenvalue weighted by Crippen LogP contribution is 2.45. The minimum Gasteiger partial charge on any atom is -0.445 e. The standard InChI is InChI=1S/C26H31N3O5/c1-27(20-12-8-5-9-13-20)23(30)21-22(33-3)24(31)28(2)26(21)14-16-29(17-15-26)25(32)34-18-19-10-6-4-7-11-19/h4-13,21-22H,14-18H2,1-3H3/t21-,22+/m0/s1. The molecule has 0 saturated carbocycles. The molecule has 4 rings (SSSR count). The van der Waals surface area contributed by atoms with E-state index in [1.807, 2.05) is 60.7 Å². The van der Waals surface area contributed by atoms with Gasteiger partial charge in [-0.2, -0.15) is 0 Å². The summed E-state index contributed by atoms with van der Waals surface area (Å²) >= 11 is 0. The van der Waals surface area contributed by atoms with E-state index in [1.165, 1.54) is 7.11 Å². The summed E-state index contributed by atoms with van der Waals surface area (Å²) in [5, 5.41) is 0. The number of carbonyl (C=O) groups excluding carboxylic acids is 3. The van der Waals surface area contributed by atoms with E-state index in [9.17, 15) is 14.4 Å². The van der Waals surface area contributed by atoms with Crippen LogP contribution in [0.5, 0.6) is 0 Å². The SMILES string of the molecule is CO[C@H]1C(=O)N(C)C2(CCN(C(=O)OCc3ccccc3)CC2)[C@@H]1C(=O)N(C)c1ccccc1. The smallest absolute Gasteiger partial charge is 0.410 e. The Labute approximate surface area is 200 Å². The number of hydrogen-bond acceptors (Lipinski definition) is 5. The molecule has 8 nitrogen and oxygen atoms in total. The Balaban J connectivity index is 1.50. The average Bonchev–Trinajstić information content (AvgIpc) is 3.09. The first-order chi connectivity index (χ1) is 16.4. The van der Waals surface area contributed by atoms with Crippen molar-refractivity contribution < 1.29 is 23.9 Å². The van der Waals surface area contributed by atoms with Gasteiger partial charge in [-0.25, -0.2) is 4.79 Å². The predicted molar refractivity (Wildman–Crippen MR) is 127 cm³/mol. The summed E-state index contributed by atoms with van der Waals surface area (Å²) in [7, 11) is 4.92. The summed E-state index contributed by atoms with van der Waals surface area (Å²) in [5.74, 6) is -1.05. The number of rotatable bonds is 5. The van der Waals surface area contributed by atoms with Gasteiger partial charge in [0.25, 0.3) is 5.91 Å². The fraction of sp³-hybridized carbons (Fsp3) is 0.423. The Bertz CT molecular complexity index is 1020. The summed E-state index contributed by atoms with van der Waals surface area (Å²) in [6.45, 7) is 0.982. The number of para-hydroxylation sites is 1. The van der Waals surface area contributed by atoms with Crippen LogP contribution >= 0.6 is 0 Å². The van der Waals surface area contributed by atoms with Gasteiger partial charge in [-0.05, 0) is 30.5 Å². The fourth-order valence-electron chi connectivity index (χ4n) is 5.16. The first-order valence-electron chi connectivity index (χ1n) is 11.5. The Morgan fingerprint density at radius 2 is 1.62 bits per heavy atom. The third-order valence-corrected chi connectivity index (χ3v) is 7.21. The highest BCUT2D eigenvalue weighted by atomic mass is 16.6. The third kappa shape index (κ3) is 4.25. The first kappa shape index (κ1) is 23.8. The molecule has 1 spiro atoms. The van der Waals surface area contributed by atoms with E-state index < -0.39 is 23.7 Å². The molecule has 2 aliphatic heterocycles. The largest absolute Gasteiger partial charge is 0.445 e. The van der Waals surface area contributed by atoms with E-state index in [4.69, 9.17) is 9.47 Å². The number of piperidine rings is 1. The van der Waals surface area contributed by atoms with E-state index in [-0.39, 0.29) is 18.4 Å². The van der Waals surface area contributed by atoms with Crippen molar-refractivity contribution in [3.63, 3.8) is 0 Å². The van der Waals surface area contributed by atoms with Crippen LogP contribution in [-0.4, -0.2) is 73.6 Å². The quantitative estimate of drug-likeness (QED) is 0.679. The van der Waals surface area contributed by atoms with E-state index in [0.29, 0.717) is 25.9 Å². The summed E-state index contributed by atoms with van der Waals surface area (Å²) < 4.78 is 11.0. The summed E-state index contributed by atoms with van der Waals surface area (Å²) in [6, 6.07) is 18.9. The third-order valence-electron chi connectivity index (χ3n) is 7.21. The molecule has 0 unspecified atom stereocenters. The van der Waals surface area contributed by atoms with Crippen molar-refractivity contribution in [3.05, 3.63) is 66.2 Å². The molecule has 180 valence electrons. The van der Waals surface area contributed by atoms with Crippen molar-refractivity contribution in [2.75, 3.05) is 39.2 Å². The van der Waals surface area contributed by atoms with Crippen LogP contribution in [0.4, 0.5) is 10.5 Å². The number of carbonyl (C=O) groups is 3. The van der Waals surface area contributed by atoms with Crippen molar-refractivity contribution in [3.8, 4) is 0 Å². The molecule has 2 fully saturated rings. The molecule has 2 atom stereocenters. The lowest BCUT2D eigenvalue weighted by Gasteiger charge is -2.46. The van der Waals surface area contributed by atoms with Gasteiger partial charge in [-0.3, -0.25) is 9.59 Å². The molecule has 2 aliphatic rings. The van der Waals surface area contributed by atoms with E-state index in [1.54, 1.807) is 28.8 Å². The molecule has 0 bridgehead atoms. The molecular weight excluding hydrogens is 434 g/mol. The van der Waals surface area contributed by atoms with Crippen LogP contribution in [0.3, 0.4) is 0 Å². The molecule has 0 aliphatic carbocycles. The molecule has 0 aromatic heterocycles. The van der Waals surface area contributed by atoms with Gasteiger partial charge in [0.15, 0.2) is 0 Å². The van der Waals surface area contributed by atoms with Gasteiger partial charge in [0.2, 0.25) is 5.91 Å².